The van der Waals surface area contributed by atoms with Crippen molar-refractivity contribution in [2.75, 3.05) is 17.1 Å². The highest BCUT2D eigenvalue weighted by molar-refractivity contribution is 7.92. The predicted octanol–water partition coefficient (Wildman–Crippen LogP) is 5.63. The molecule has 0 aliphatic heterocycles. The molecule has 0 saturated heterocycles. The summed E-state index contributed by atoms with van der Waals surface area (Å²) in [6, 6.07) is 9.82. The lowest BCUT2D eigenvalue weighted by atomic mass is 9.95. The third kappa shape index (κ3) is 7.64. The van der Waals surface area contributed by atoms with Crippen LogP contribution in [0.1, 0.15) is 62.1 Å². The molecule has 2 amide bonds. The molecule has 10 heteroatoms. The summed E-state index contributed by atoms with van der Waals surface area (Å²) in [5.74, 6) is -0.708. The molecule has 0 radical (unpaired) electrons. The van der Waals surface area contributed by atoms with Crippen molar-refractivity contribution < 1.29 is 18.0 Å². The van der Waals surface area contributed by atoms with E-state index in [1.165, 1.54) is 4.90 Å². The number of benzene rings is 2. The van der Waals surface area contributed by atoms with Crippen molar-refractivity contribution in [3.8, 4) is 0 Å². The molecule has 1 aliphatic carbocycles. The first-order valence-electron chi connectivity index (χ1n) is 13.0. The van der Waals surface area contributed by atoms with E-state index in [4.69, 9.17) is 23.2 Å². The average molecular weight is 583 g/mol. The van der Waals surface area contributed by atoms with Crippen molar-refractivity contribution in [2.45, 2.75) is 77.9 Å². The number of carbonyl (C=O) groups is 2. The number of amides is 2. The van der Waals surface area contributed by atoms with E-state index < -0.39 is 28.5 Å². The Morgan fingerprint density at radius 1 is 1.03 bits per heavy atom. The fraction of sp³-hybridized carbons (Fsp3) is 0.500. The number of anilines is 1. The second-order valence-electron chi connectivity index (χ2n) is 10.0. The van der Waals surface area contributed by atoms with E-state index in [1.807, 2.05) is 39.0 Å². The van der Waals surface area contributed by atoms with Gasteiger partial charge < -0.3 is 10.2 Å². The van der Waals surface area contributed by atoms with Gasteiger partial charge in [-0.25, -0.2) is 8.42 Å². The van der Waals surface area contributed by atoms with E-state index in [2.05, 4.69) is 5.32 Å². The molecule has 1 N–H and O–H groups in total. The molecule has 2 aromatic carbocycles. The molecule has 7 nitrogen and oxygen atoms in total. The van der Waals surface area contributed by atoms with Crippen LogP contribution in [0.5, 0.6) is 0 Å². The summed E-state index contributed by atoms with van der Waals surface area (Å²) < 4.78 is 27.0. The molecular weight excluding hydrogens is 545 g/mol. The van der Waals surface area contributed by atoms with Crippen LogP contribution >= 0.6 is 23.2 Å². The van der Waals surface area contributed by atoms with Gasteiger partial charge in [-0.2, -0.15) is 0 Å². The maximum Gasteiger partial charge on any atom is 0.244 e. The van der Waals surface area contributed by atoms with Gasteiger partial charge in [0, 0.05) is 12.6 Å². The van der Waals surface area contributed by atoms with E-state index in [1.54, 1.807) is 18.2 Å². The average Bonchev–Trinajstić information content (AvgIpc) is 2.85. The van der Waals surface area contributed by atoms with Gasteiger partial charge in [-0.05, 0) is 61.9 Å². The lowest BCUT2D eigenvalue weighted by Gasteiger charge is -2.34. The van der Waals surface area contributed by atoms with E-state index in [9.17, 15) is 18.0 Å². The van der Waals surface area contributed by atoms with Gasteiger partial charge in [0.1, 0.15) is 12.6 Å². The summed E-state index contributed by atoms with van der Waals surface area (Å²) >= 11 is 12.3. The van der Waals surface area contributed by atoms with Gasteiger partial charge in [0.05, 0.1) is 22.0 Å². The zero-order valence-corrected chi connectivity index (χ0v) is 24.8. The molecule has 1 aliphatic rings. The van der Waals surface area contributed by atoms with Gasteiger partial charge in [-0.15, -0.1) is 0 Å². The molecule has 0 heterocycles. The molecule has 38 heavy (non-hydrogen) atoms. The molecule has 1 fully saturated rings. The van der Waals surface area contributed by atoms with Gasteiger partial charge in [-0.1, -0.05) is 73.7 Å². The summed E-state index contributed by atoms with van der Waals surface area (Å²) in [6.45, 7) is 5.12. The van der Waals surface area contributed by atoms with Crippen molar-refractivity contribution in [1.82, 2.24) is 10.2 Å². The van der Waals surface area contributed by atoms with Gasteiger partial charge in [0.2, 0.25) is 21.8 Å². The predicted molar refractivity (Wildman–Crippen MR) is 154 cm³/mol. The van der Waals surface area contributed by atoms with E-state index in [0.29, 0.717) is 27.7 Å². The number of sulfonamides is 1. The highest BCUT2D eigenvalue weighted by atomic mass is 35.5. The fourth-order valence-electron chi connectivity index (χ4n) is 5.07. The van der Waals surface area contributed by atoms with E-state index in [-0.39, 0.29) is 18.5 Å². The lowest BCUT2D eigenvalue weighted by Crippen LogP contribution is -2.54. The Labute approximate surface area is 236 Å². The number of rotatable bonds is 10. The highest BCUT2D eigenvalue weighted by Crippen LogP contribution is 2.28. The van der Waals surface area contributed by atoms with Crippen LogP contribution in [0.15, 0.2) is 36.4 Å². The van der Waals surface area contributed by atoms with Crippen molar-refractivity contribution in [3.05, 3.63) is 63.1 Å². The van der Waals surface area contributed by atoms with Crippen LogP contribution in [-0.2, 0) is 26.2 Å². The maximum atomic E-state index is 13.9. The van der Waals surface area contributed by atoms with Crippen molar-refractivity contribution in [1.29, 1.82) is 0 Å². The third-order valence-electron chi connectivity index (χ3n) is 7.04. The summed E-state index contributed by atoms with van der Waals surface area (Å²) in [5.41, 5.74) is 2.63. The van der Waals surface area contributed by atoms with Crippen molar-refractivity contribution in [3.63, 3.8) is 0 Å². The molecule has 3 rings (SSSR count). The number of carbonyl (C=O) groups excluding carboxylic acids is 2. The van der Waals surface area contributed by atoms with E-state index in [0.717, 1.165) is 53.8 Å². The van der Waals surface area contributed by atoms with Crippen LogP contribution in [-0.4, -0.2) is 50.0 Å². The Morgan fingerprint density at radius 2 is 1.66 bits per heavy atom. The normalized spacial score (nSPS) is 15.1. The largest absolute Gasteiger partial charge is 0.352 e. The molecule has 0 bridgehead atoms. The first-order valence-corrected chi connectivity index (χ1v) is 15.6. The Hall–Kier alpha value is -2.29. The minimum absolute atomic E-state index is 0.0781. The fourth-order valence-corrected chi connectivity index (χ4v) is 6.36. The van der Waals surface area contributed by atoms with Crippen LogP contribution in [0.25, 0.3) is 0 Å². The van der Waals surface area contributed by atoms with Crippen molar-refractivity contribution >= 4 is 50.7 Å². The number of para-hydroxylation sites is 1. The van der Waals surface area contributed by atoms with Crippen molar-refractivity contribution in [2.24, 2.45) is 0 Å². The summed E-state index contributed by atoms with van der Waals surface area (Å²) in [7, 11) is -3.81. The summed E-state index contributed by atoms with van der Waals surface area (Å²) in [5, 5.41) is 3.85. The minimum atomic E-state index is -3.81. The van der Waals surface area contributed by atoms with Gasteiger partial charge in [0.15, 0.2) is 0 Å². The lowest BCUT2D eigenvalue weighted by molar-refractivity contribution is -0.140. The zero-order valence-electron chi connectivity index (χ0n) is 22.5. The Kier molecular flexibility index (Phi) is 10.5. The summed E-state index contributed by atoms with van der Waals surface area (Å²) in [4.78, 5) is 28.9. The highest BCUT2D eigenvalue weighted by Gasteiger charge is 2.33. The SMILES string of the molecule is CC[C@@H](C(=O)NC1CCCCC1)N(Cc1ccc(Cl)c(Cl)c1)C(=O)CN(c1c(C)cccc1C)S(C)(=O)=O. The molecule has 0 spiro atoms. The number of nitrogens with one attached hydrogen (secondary N) is 1. The van der Waals surface area contributed by atoms with Crippen LogP contribution in [0.4, 0.5) is 5.69 Å². The van der Waals surface area contributed by atoms with Crippen LogP contribution in [0.3, 0.4) is 0 Å². The number of hydrogen-bond donors (Lipinski definition) is 1. The van der Waals surface area contributed by atoms with Crippen LogP contribution in [0.2, 0.25) is 10.0 Å². The monoisotopic (exact) mass is 581 g/mol. The Balaban J connectivity index is 1.97. The standard InChI is InChI=1S/C28H37Cl2N3O4S/c1-5-25(28(35)31-22-12-7-6-8-13-22)32(17-21-14-15-23(29)24(30)16-21)26(34)18-33(38(4,36)37)27-19(2)10-9-11-20(27)3/h9-11,14-16,22,25H,5-8,12-13,17-18H2,1-4H3,(H,31,35)/t25-/m0/s1. The van der Waals surface area contributed by atoms with Gasteiger partial charge in [-0.3, -0.25) is 13.9 Å². The molecular formula is C28H37Cl2N3O4S. The first-order chi connectivity index (χ1) is 17.9. The molecule has 1 atom stereocenters. The second kappa shape index (κ2) is 13.2. The first kappa shape index (κ1) is 30.3. The Bertz CT molecular complexity index is 1240. The third-order valence-corrected chi connectivity index (χ3v) is 8.89. The summed E-state index contributed by atoms with van der Waals surface area (Å²) in [6.07, 6.45) is 6.57. The molecule has 2 aromatic rings. The van der Waals surface area contributed by atoms with Gasteiger partial charge in [0.25, 0.3) is 0 Å². The molecule has 0 aromatic heterocycles. The smallest absolute Gasteiger partial charge is 0.244 e. The second-order valence-corrected chi connectivity index (χ2v) is 12.8. The van der Waals surface area contributed by atoms with E-state index >= 15 is 0 Å². The number of hydrogen-bond acceptors (Lipinski definition) is 4. The number of aryl methyl sites for hydroxylation is 2. The van der Waals surface area contributed by atoms with Gasteiger partial charge >= 0.3 is 0 Å². The topological polar surface area (TPSA) is 86.8 Å². The van der Waals surface area contributed by atoms with Crippen LogP contribution in [0, 0.1) is 13.8 Å². The molecule has 208 valence electrons. The maximum absolute atomic E-state index is 13.9. The number of nitrogens with zero attached hydrogens (tertiary/aromatic N) is 2. The van der Waals surface area contributed by atoms with Crippen LogP contribution < -0.4 is 9.62 Å². The molecule has 1 saturated carbocycles. The molecule has 0 unspecified atom stereocenters. The minimum Gasteiger partial charge on any atom is -0.352 e. The quantitative estimate of drug-likeness (QED) is 0.393. The Morgan fingerprint density at radius 3 is 2.21 bits per heavy atom. The zero-order chi connectivity index (χ0) is 28.0. The number of halogens is 2.